The van der Waals surface area contributed by atoms with E-state index in [4.69, 9.17) is 9.52 Å². The number of aromatic carboxylic acids is 1. The molecular weight excluding hydrogens is 334 g/mol. The third-order valence-corrected chi connectivity index (χ3v) is 3.58. The summed E-state index contributed by atoms with van der Waals surface area (Å²) in [4.78, 5) is 22.8. The molecule has 0 aliphatic rings. The zero-order valence-electron chi connectivity index (χ0n) is 13.5. The predicted octanol–water partition coefficient (Wildman–Crippen LogP) is 4.00. The number of carboxylic acid groups (broad SMARTS) is 1. The van der Waals surface area contributed by atoms with Crippen LogP contribution in [0.3, 0.4) is 0 Å². The first-order chi connectivity index (χ1) is 12.5. The minimum atomic E-state index is -1.24. The molecule has 0 saturated heterocycles. The second-order valence-corrected chi connectivity index (χ2v) is 5.43. The number of phenols is 1. The second kappa shape index (κ2) is 7.40. The van der Waals surface area contributed by atoms with Gasteiger partial charge in [0.2, 0.25) is 5.91 Å². The molecule has 0 saturated carbocycles. The maximum absolute atomic E-state index is 12.0. The molecule has 0 spiro atoms. The first kappa shape index (κ1) is 17.0. The molecule has 3 N–H and O–H groups in total. The zero-order chi connectivity index (χ0) is 18.5. The third kappa shape index (κ3) is 3.99. The van der Waals surface area contributed by atoms with Gasteiger partial charge in [-0.05, 0) is 30.3 Å². The van der Waals surface area contributed by atoms with Gasteiger partial charge in [-0.3, -0.25) is 4.79 Å². The van der Waals surface area contributed by atoms with E-state index in [2.05, 4.69) is 5.32 Å². The molecule has 130 valence electrons. The largest absolute Gasteiger partial charge is 0.507 e. The van der Waals surface area contributed by atoms with Crippen LogP contribution in [0.1, 0.15) is 16.1 Å². The van der Waals surface area contributed by atoms with E-state index in [0.29, 0.717) is 11.5 Å². The molecule has 3 aromatic rings. The lowest BCUT2D eigenvalue weighted by atomic mass is 10.2. The average Bonchev–Trinajstić information content (AvgIpc) is 3.09. The number of carboxylic acids is 1. The molecule has 1 aromatic heterocycles. The Labute approximate surface area is 149 Å². The summed E-state index contributed by atoms with van der Waals surface area (Å²) in [6.07, 6.45) is 2.81. The molecule has 1 amide bonds. The fourth-order valence-electron chi connectivity index (χ4n) is 2.33. The van der Waals surface area contributed by atoms with Gasteiger partial charge in [0, 0.05) is 23.4 Å². The number of furan rings is 1. The lowest BCUT2D eigenvalue weighted by molar-refractivity contribution is -0.111. The zero-order valence-corrected chi connectivity index (χ0v) is 13.5. The Balaban J connectivity index is 1.66. The first-order valence-electron chi connectivity index (χ1n) is 7.73. The molecule has 2 aromatic carbocycles. The molecule has 0 radical (unpaired) electrons. The summed E-state index contributed by atoms with van der Waals surface area (Å²) in [5.74, 6) is -0.891. The van der Waals surface area contributed by atoms with Crippen molar-refractivity contribution in [1.29, 1.82) is 0 Å². The number of hydrogen-bond donors (Lipinski definition) is 3. The predicted molar refractivity (Wildman–Crippen MR) is 96.9 cm³/mol. The van der Waals surface area contributed by atoms with Gasteiger partial charge >= 0.3 is 5.97 Å². The van der Waals surface area contributed by atoms with E-state index >= 15 is 0 Å². The highest BCUT2D eigenvalue weighted by molar-refractivity contribution is 6.02. The molecule has 0 fully saturated rings. The normalized spacial score (nSPS) is 10.8. The second-order valence-electron chi connectivity index (χ2n) is 5.43. The summed E-state index contributed by atoms with van der Waals surface area (Å²) in [5.41, 5.74) is 0.986. The van der Waals surface area contributed by atoms with E-state index in [0.717, 1.165) is 5.56 Å². The SMILES string of the molecule is O=C(/C=C/c1ccc(-c2ccccc2)o1)Nc1ccc(C(=O)O)c(O)c1. The van der Waals surface area contributed by atoms with Crippen molar-refractivity contribution in [2.75, 3.05) is 5.32 Å². The minimum absolute atomic E-state index is 0.234. The highest BCUT2D eigenvalue weighted by atomic mass is 16.4. The van der Waals surface area contributed by atoms with Gasteiger partial charge in [0.05, 0.1) is 0 Å². The topological polar surface area (TPSA) is 99.8 Å². The minimum Gasteiger partial charge on any atom is -0.507 e. The van der Waals surface area contributed by atoms with Gasteiger partial charge in [-0.15, -0.1) is 0 Å². The van der Waals surface area contributed by atoms with E-state index in [-0.39, 0.29) is 11.3 Å². The monoisotopic (exact) mass is 349 g/mol. The van der Waals surface area contributed by atoms with Crippen LogP contribution in [0.15, 0.2) is 71.2 Å². The van der Waals surface area contributed by atoms with Gasteiger partial charge in [-0.1, -0.05) is 30.3 Å². The van der Waals surface area contributed by atoms with Crippen molar-refractivity contribution < 1.29 is 24.2 Å². The Kier molecular flexibility index (Phi) is 4.85. The molecule has 3 rings (SSSR count). The number of carbonyl (C=O) groups excluding carboxylic acids is 1. The van der Waals surface area contributed by atoms with Crippen LogP contribution in [0.4, 0.5) is 5.69 Å². The van der Waals surface area contributed by atoms with Crippen molar-refractivity contribution in [3.05, 3.63) is 78.1 Å². The number of amides is 1. The highest BCUT2D eigenvalue weighted by Crippen LogP contribution is 2.23. The number of aromatic hydroxyl groups is 1. The summed E-state index contributed by atoms with van der Waals surface area (Å²) in [5, 5.41) is 21.0. The Morgan fingerprint density at radius 1 is 1.00 bits per heavy atom. The van der Waals surface area contributed by atoms with Crippen LogP contribution in [0.25, 0.3) is 17.4 Å². The van der Waals surface area contributed by atoms with Crippen molar-refractivity contribution in [3.8, 4) is 17.1 Å². The van der Waals surface area contributed by atoms with E-state index in [1.54, 1.807) is 6.07 Å². The lowest BCUT2D eigenvalue weighted by Gasteiger charge is -2.04. The number of rotatable bonds is 5. The smallest absolute Gasteiger partial charge is 0.339 e. The lowest BCUT2D eigenvalue weighted by Crippen LogP contribution is -2.08. The van der Waals surface area contributed by atoms with Crippen LogP contribution in [-0.2, 0) is 4.79 Å². The van der Waals surface area contributed by atoms with Gasteiger partial charge in [-0.2, -0.15) is 0 Å². The molecule has 6 heteroatoms. The molecule has 0 aliphatic carbocycles. The molecule has 6 nitrogen and oxygen atoms in total. The number of benzene rings is 2. The summed E-state index contributed by atoms with van der Waals surface area (Å²) in [6, 6.07) is 16.9. The summed E-state index contributed by atoms with van der Waals surface area (Å²) < 4.78 is 5.66. The van der Waals surface area contributed by atoms with Crippen LogP contribution in [0.2, 0.25) is 0 Å². The molecule has 26 heavy (non-hydrogen) atoms. The summed E-state index contributed by atoms with van der Waals surface area (Å²) >= 11 is 0. The summed E-state index contributed by atoms with van der Waals surface area (Å²) in [6.45, 7) is 0. The van der Waals surface area contributed by atoms with Crippen LogP contribution in [0, 0.1) is 0 Å². The van der Waals surface area contributed by atoms with Crippen molar-refractivity contribution in [3.63, 3.8) is 0 Å². The first-order valence-corrected chi connectivity index (χ1v) is 7.73. The van der Waals surface area contributed by atoms with Crippen LogP contribution >= 0.6 is 0 Å². The maximum atomic E-state index is 12.0. The standard InChI is InChI=1S/C20H15NO5/c22-17-12-14(6-9-16(17)20(24)25)21-19(23)11-8-15-7-10-18(26-15)13-4-2-1-3-5-13/h1-12,22H,(H,21,23)(H,24,25)/b11-8+. The Morgan fingerprint density at radius 2 is 1.77 bits per heavy atom. The molecule has 1 heterocycles. The number of hydrogen-bond acceptors (Lipinski definition) is 4. The summed E-state index contributed by atoms with van der Waals surface area (Å²) in [7, 11) is 0. The van der Waals surface area contributed by atoms with Gasteiger partial charge in [0.25, 0.3) is 0 Å². The molecule has 0 aliphatic heterocycles. The van der Waals surface area contributed by atoms with Crippen LogP contribution < -0.4 is 5.32 Å². The van der Waals surface area contributed by atoms with Crippen molar-refractivity contribution >= 4 is 23.6 Å². The van der Waals surface area contributed by atoms with Crippen molar-refractivity contribution in [2.45, 2.75) is 0 Å². The van der Waals surface area contributed by atoms with Crippen molar-refractivity contribution in [1.82, 2.24) is 0 Å². The molecule has 0 bridgehead atoms. The fraction of sp³-hybridized carbons (Fsp3) is 0. The average molecular weight is 349 g/mol. The van der Waals surface area contributed by atoms with Gasteiger partial charge in [0.1, 0.15) is 22.8 Å². The van der Waals surface area contributed by atoms with E-state index in [1.807, 2.05) is 36.4 Å². The molecule has 0 unspecified atom stereocenters. The van der Waals surface area contributed by atoms with Gasteiger partial charge in [0.15, 0.2) is 0 Å². The highest BCUT2D eigenvalue weighted by Gasteiger charge is 2.10. The number of nitrogens with one attached hydrogen (secondary N) is 1. The Bertz CT molecular complexity index is 973. The van der Waals surface area contributed by atoms with Crippen LogP contribution in [0.5, 0.6) is 5.75 Å². The van der Waals surface area contributed by atoms with E-state index in [9.17, 15) is 14.7 Å². The maximum Gasteiger partial charge on any atom is 0.339 e. The number of anilines is 1. The van der Waals surface area contributed by atoms with Crippen molar-refractivity contribution in [2.24, 2.45) is 0 Å². The number of carbonyl (C=O) groups is 2. The Hall–Kier alpha value is -3.80. The van der Waals surface area contributed by atoms with E-state index < -0.39 is 17.6 Å². The third-order valence-electron chi connectivity index (χ3n) is 3.58. The van der Waals surface area contributed by atoms with Crippen LogP contribution in [-0.4, -0.2) is 22.1 Å². The Morgan fingerprint density at radius 3 is 2.46 bits per heavy atom. The van der Waals surface area contributed by atoms with Gasteiger partial charge in [-0.25, -0.2) is 4.79 Å². The van der Waals surface area contributed by atoms with Gasteiger partial charge < -0.3 is 19.9 Å². The quantitative estimate of drug-likeness (QED) is 0.605. The fourth-order valence-corrected chi connectivity index (χ4v) is 2.33. The molecule has 0 atom stereocenters. The molecular formula is C20H15NO5. The van der Waals surface area contributed by atoms with E-state index in [1.165, 1.54) is 30.4 Å².